The molecule has 0 saturated carbocycles. The molecule has 0 fully saturated rings. The molecule has 3 rings (SSSR count). The minimum absolute atomic E-state index is 0.140. The topological polar surface area (TPSA) is 86.2 Å². The van der Waals surface area contributed by atoms with Crippen molar-refractivity contribution in [3.8, 4) is 22.9 Å². The van der Waals surface area contributed by atoms with E-state index < -0.39 is 11.3 Å². The summed E-state index contributed by atoms with van der Waals surface area (Å²) >= 11 is 0. The molecule has 0 bridgehead atoms. The summed E-state index contributed by atoms with van der Waals surface area (Å²) in [7, 11) is 0. The highest BCUT2D eigenvalue weighted by molar-refractivity contribution is 5.75. The summed E-state index contributed by atoms with van der Waals surface area (Å²) in [5.41, 5.74) is 0.0265. The molecule has 1 aromatic carbocycles. The van der Waals surface area contributed by atoms with Crippen LogP contribution in [0.25, 0.3) is 22.9 Å². The van der Waals surface area contributed by atoms with E-state index in [1.54, 1.807) is 24.3 Å². The quantitative estimate of drug-likeness (QED) is 0.703. The minimum atomic E-state index is -0.507. The van der Waals surface area contributed by atoms with Crippen LogP contribution in [0.2, 0.25) is 0 Å². The fraction of sp³-hybridized carbons (Fsp3) is 0. The number of rotatable bonds is 2. The van der Waals surface area contributed by atoms with Crippen LogP contribution in [0.3, 0.4) is 0 Å². The Hall–Kier alpha value is -3.02. The molecular formula is C14H8N2O4. The maximum Gasteiger partial charge on any atom is 0.339 e. The van der Waals surface area contributed by atoms with Gasteiger partial charge in [-0.3, -0.25) is 0 Å². The SMILES string of the molecule is O=c1ccnc(-c2ccccc2-c2nccc(=O)o2)o1. The summed E-state index contributed by atoms with van der Waals surface area (Å²) in [5.74, 6) is 0.280. The van der Waals surface area contributed by atoms with E-state index in [0.29, 0.717) is 11.1 Å². The van der Waals surface area contributed by atoms with Crippen LogP contribution in [-0.4, -0.2) is 9.97 Å². The lowest BCUT2D eigenvalue weighted by Gasteiger charge is -2.05. The van der Waals surface area contributed by atoms with Crippen molar-refractivity contribution in [1.29, 1.82) is 0 Å². The molecule has 0 unspecified atom stereocenters. The maximum absolute atomic E-state index is 11.3. The Labute approximate surface area is 112 Å². The van der Waals surface area contributed by atoms with E-state index >= 15 is 0 Å². The minimum Gasteiger partial charge on any atom is -0.404 e. The van der Waals surface area contributed by atoms with Gasteiger partial charge >= 0.3 is 11.3 Å². The molecule has 0 saturated heterocycles. The third kappa shape index (κ3) is 2.26. The molecule has 6 nitrogen and oxygen atoms in total. The van der Waals surface area contributed by atoms with Crippen molar-refractivity contribution in [1.82, 2.24) is 9.97 Å². The molecule has 0 aliphatic rings. The van der Waals surface area contributed by atoms with Gasteiger partial charge in [-0.2, -0.15) is 0 Å². The van der Waals surface area contributed by atoms with Gasteiger partial charge in [-0.25, -0.2) is 19.6 Å². The smallest absolute Gasteiger partial charge is 0.339 e. The second kappa shape index (κ2) is 4.93. The summed E-state index contributed by atoms with van der Waals surface area (Å²) in [6.07, 6.45) is 2.71. The molecule has 0 atom stereocenters. The molecule has 0 aliphatic carbocycles. The fourth-order valence-corrected chi connectivity index (χ4v) is 1.75. The molecule has 6 heteroatoms. The van der Waals surface area contributed by atoms with Crippen molar-refractivity contribution in [2.24, 2.45) is 0 Å². The molecule has 98 valence electrons. The zero-order valence-electron chi connectivity index (χ0n) is 10.1. The van der Waals surface area contributed by atoms with Crippen molar-refractivity contribution in [2.75, 3.05) is 0 Å². The van der Waals surface area contributed by atoms with E-state index in [0.717, 1.165) is 0 Å². The third-order valence-electron chi connectivity index (χ3n) is 2.59. The van der Waals surface area contributed by atoms with Crippen molar-refractivity contribution in [3.05, 3.63) is 69.6 Å². The van der Waals surface area contributed by atoms with Gasteiger partial charge < -0.3 is 8.83 Å². The highest BCUT2D eigenvalue weighted by Crippen LogP contribution is 2.28. The second-order valence-electron chi connectivity index (χ2n) is 3.89. The summed E-state index contributed by atoms with van der Waals surface area (Å²) in [6, 6.07) is 9.35. The number of aromatic nitrogens is 2. The first kappa shape index (κ1) is 12.0. The molecule has 20 heavy (non-hydrogen) atoms. The Morgan fingerprint density at radius 1 is 0.700 bits per heavy atom. The number of nitrogens with zero attached hydrogens (tertiary/aromatic N) is 2. The van der Waals surface area contributed by atoms with Crippen LogP contribution < -0.4 is 11.3 Å². The van der Waals surface area contributed by atoms with Crippen LogP contribution in [0.4, 0.5) is 0 Å². The predicted octanol–water partition coefficient (Wildman–Crippen LogP) is 1.72. The lowest BCUT2D eigenvalue weighted by atomic mass is 10.1. The number of hydrogen-bond donors (Lipinski definition) is 0. The van der Waals surface area contributed by atoms with Crippen LogP contribution in [0.1, 0.15) is 0 Å². The largest absolute Gasteiger partial charge is 0.404 e. The van der Waals surface area contributed by atoms with Crippen molar-refractivity contribution in [3.63, 3.8) is 0 Å². The monoisotopic (exact) mass is 268 g/mol. The fourth-order valence-electron chi connectivity index (χ4n) is 1.75. The van der Waals surface area contributed by atoms with E-state index in [1.165, 1.54) is 24.5 Å². The van der Waals surface area contributed by atoms with Crippen molar-refractivity contribution in [2.45, 2.75) is 0 Å². The van der Waals surface area contributed by atoms with Crippen molar-refractivity contribution < 1.29 is 8.83 Å². The van der Waals surface area contributed by atoms with E-state index in [-0.39, 0.29) is 11.8 Å². The van der Waals surface area contributed by atoms with E-state index in [1.807, 2.05) is 0 Å². The van der Waals surface area contributed by atoms with Gasteiger partial charge in [0.25, 0.3) is 0 Å². The van der Waals surface area contributed by atoms with E-state index in [9.17, 15) is 9.59 Å². The van der Waals surface area contributed by atoms with Crippen LogP contribution in [0, 0.1) is 0 Å². The Bertz CT molecular complexity index is 794. The van der Waals surface area contributed by atoms with Crippen LogP contribution in [0.15, 0.2) is 67.2 Å². The zero-order chi connectivity index (χ0) is 13.9. The first-order valence-electron chi connectivity index (χ1n) is 5.76. The average molecular weight is 268 g/mol. The van der Waals surface area contributed by atoms with Gasteiger partial charge in [-0.1, -0.05) is 12.1 Å². The Balaban J connectivity index is 2.24. The highest BCUT2D eigenvalue weighted by atomic mass is 16.4. The zero-order valence-corrected chi connectivity index (χ0v) is 10.1. The molecule has 0 aliphatic heterocycles. The first-order valence-corrected chi connectivity index (χ1v) is 5.76. The van der Waals surface area contributed by atoms with Gasteiger partial charge in [0.2, 0.25) is 11.8 Å². The maximum atomic E-state index is 11.3. The molecular weight excluding hydrogens is 260 g/mol. The predicted molar refractivity (Wildman–Crippen MR) is 70.0 cm³/mol. The van der Waals surface area contributed by atoms with E-state index in [4.69, 9.17) is 8.83 Å². The number of benzene rings is 1. The van der Waals surface area contributed by atoms with Crippen LogP contribution >= 0.6 is 0 Å². The average Bonchev–Trinajstić information content (AvgIpc) is 2.47. The highest BCUT2D eigenvalue weighted by Gasteiger charge is 2.13. The molecule has 0 N–H and O–H groups in total. The van der Waals surface area contributed by atoms with Gasteiger partial charge in [0.05, 0.1) is 0 Å². The Morgan fingerprint density at radius 3 is 1.55 bits per heavy atom. The van der Waals surface area contributed by atoms with Crippen LogP contribution in [0.5, 0.6) is 0 Å². The van der Waals surface area contributed by atoms with Gasteiger partial charge in [0.15, 0.2) is 0 Å². The van der Waals surface area contributed by atoms with Gasteiger partial charge in [-0.05, 0) is 12.1 Å². The van der Waals surface area contributed by atoms with Gasteiger partial charge in [0, 0.05) is 35.7 Å². The molecule has 0 amide bonds. The third-order valence-corrected chi connectivity index (χ3v) is 2.59. The Kier molecular flexibility index (Phi) is 2.96. The summed E-state index contributed by atoms with van der Waals surface area (Å²) in [6.45, 7) is 0. The first-order chi connectivity index (χ1) is 9.74. The molecule has 3 aromatic rings. The molecule has 2 heterocycles. The lowest BCUT2D eigenvalue weighted by Crippen LogP contribution is -2.01. The standard InChI is InChI=1S/C14H8N2O4/c17-11-5-7-15-13(19-11)9-3-1-2-4-10(9)14-16-8-6-12(18)20-14/h1-8H. The normalized spacial score (nSPS) is 10.4. The second-order valence-corrected chi connectivity index (χ2v) is 3.89. The summed E-state index contributed by atoms with van der Waals surface area (Å²) in [5, 5.41) is 0. The summed E-state index contributed by atoms with van der Waals surface area (Å²) < 4.78 is 10.1. The summed E-state index contributed by atoms with van der Waals surface area (Å²) in [4.78, 5) is 30.5. The van der Waals surface area contributed by atoms with Crippen molar-refractivity contribution >= 4 is 0 Å². The lowest BCUT2D eigenvalue weighted by molar-refractivity contribution is 0.500. The van der Waals surface area contributed by atoms with Gasteiger partial charge in [0.1, 0.15) is 0 Å². The van der Waals surface area contributed by atoms with Crippen LogP contribution in [-0.2, 0) is 0 Å². The Morgan fingerprint density at radius 2 is 1.15 bits per heavy atom. The molecule has 0 spiro atoms. The molecule has 0 radical (unpaired) electrons. The van der Waals surface area contributed by atoms with E-state index in [2.05, 4.69) is 9.97 Å². The number of hydrogen-bond acceptors (Lipinski definition) is 6. The molecule has 2 aromatic heterocycles. The van der Waals surface area contributed by atoms with Gasteiger partial charge in [-0.15, -0.1) is 0 Å².